The molecule has 130 valence electrons. The van der Waals surface area contributed by atoms with Gasteiger partial charge in [0.25, 0.3) is 0 Å². The Morgan fingerprint density at radius 1 is 1.00 bits per heavy atom. The van der Waals surface area contributed by atoms with Crippen LogP contribution in [0.4, 0.5) is 0 Å². The Bertz CT molecular complexity index is 1030. The highest BCUT2D eigenvalue weighted by atomic mass is 127. The van der Waals surface area contributed by atoms with Crippen molar-refractivity contribution < 1.29 is 0 Å². The van der Waals surface area contributed by atoms with Gasteiger partial charge in [-0.25, -0.2) is 4.68 Å². The lowest BCUT2D eigenvalue weighted by Crippen LogP contribution is -2.03. The van der Waals surface area contributed by atoms with Crippen molar-refractivity contribution in [1.29, 1.82) is 0 Å². The van der Waals surface area contributed by atoms with Crippen molar-refractivity contribution in [3.63, 3.8) is 0 Å². The Labute approximate surface area is 165 Å². The van der Waals surface area contributed by atoms with Crippen molar-refractivity contribution in [3.8, 4) is 17.1 Å². The van der Waals surface area contributed by atoms with Crippen molar-refractivity contribution in [3.05, 3.63) is 75.1 Å². The molecular formula is C19H17IN6. The first-order chi connectivity index (χ1) is 12.6. The SMILES string of the molecule is Cc1cc(C)cc(-n2ncc(-c3nnn(Cc4ccccc4)n3)c2I)c1. The third-order valence-corrected chi connectivity index (χ3v) is 5.06. The maximum Gasteiger partial charge on any atom is 0.209 e. The van der Waals surface area contributed by atoms with Gasteiger partial charge in [0.15, 0.2) is 0 Å². The van der Waals surface area contributed by atoms with E-state index in [1.54, 1.807) is 11.0 Å². The summed E-state index contributed by atoms with van der Waals surface area (Å²) in [6.07, 6.45) is 1.79. The predicted octanol–water partition coefficient (Wildman–Crippen LogP) is 3.80. The lowest BCUT2D eigenvalue weighted by atomic mass is 10.1. The maximum atomic E-state index is 4.53. The third kappa shape index (κ3) is 3.39. The van der Waals surface area contributed by atoms with Crippen molar-refractivity contribution in [1.82, 2.24) is 30.0 Å². The summed E-state index contributed by atoms with van der Waals surface area (Å²) in [5, 5.41) is 17.4. The minimum atomic E-state index is 0.584. The van der Waals surface area contributed by atoms with E-state index in [2.05, 4.69) is 75.1 Å². The number of hydrogen-bond donors (Lipinski definition) is 0. The molecule has 2 heterocycles. The molecule has 0 radical (unpaired) electrons. The molecule has 6 nitrogen and oxygen atoms in total. The summed E-state index contributed by atoms with van der Waals surface area (Å²) in [7, 11) is 0. The summed E-state index contributed by atoms with van der Waals surface area (Å²) in [5.41, 5.74) is 5.47. The van der Waals surface area contributed by atoms with Gasteiger partial charge in [0.2, 0.25) is 5.82 Å². The standard InChI is InChI=1S/C19H17IN6/c1-13-8-14(2)10-16(9-13)26-18(20)17(11-21-26)19-22-24-25(23-19)12-15-6-4-3-5-7-15/h3-11H,12H2,1-2H3. The molecule has 0 atom stereocenters. The molecule has 0 aliphatic carbocycles. The van der Waals surface area contributed by atoms with Crippen LogP contribution in [0.2, 0.25) is 0 Å². The van der Waals surface area contributed by atoms with Crippen LogP contribution in [0.5, 0.6) is 0 Å². The summed E-state index contributed by atoms with van der Waals surface area (Å²) in [6, 6.07) is 16.5. The van der Waals surface area contributed by atoms with Gasteiger partial charge >= 0.3 is 0 Å². The molecule has 0 saturated carbocycles. The van der Waals surface area contributed by atoms with Gasteiger partial charge in [-0.05, 0) is 70.5 Å². The second-order valence-corrected chi connectivity index (χ2v) is 7.26. The van der Waals surface area contributed by atoms with E-state index >= 15 is 0 Å². The van der Waals surface area contributed by atoms with Crippen LogP contribution >= 0.6 is 22.6 Å². The molecule has 0 spiro atoms. The number of nitrogens with zero attached hydrogens (tertiary/aromatic N) is 6. The van der Waals surface area contributed by atoms with E-state index in [9.17, 15) is 0 Å². The van der Waals surface area contributed by atoms with E-state index in [0.29, 0.717) is 12.4 Å². The second-order valence-electron chi connectivity index (χ2n) is 6.24. The highest BCUT2D eigenvalue weighted by Crippen LogP contribution is 2.25. The van der Waals surface area contributed by atoms with Crippen LogP contribution < -0.4 is 0 Å². The van der Waals surface area contributed by atoms with E-state index < -0.39 is 0 Å². The van der Waals surface area contributed by atoms with Gasteiger partial charge < -0.3 is 0 Å². The van der Waals surface area contributed by atoms with Crippen LogP contribution in [-0.2, 0) is 6.54 Å². The largest absolute Gasteiger partial charge is 0.227 e. The molecule has 0 unspecified atom stereocenters. The Kier molecular flexibility index (Phi) is 4.54. The minimum absolute atomic E-state index is 0.584. The minimum Gasteiger partial charge on any atom is -0.227 e. The van der Waals surface area contributed by atoms with E-state index in [1.807, 2.05) is 35.0 Å². The molecule has 0 saturated heterocycles. The fraction of sp³-hybridized carbons (Fsp3) is 0.158. The third-order valence-electron chi connectivity index (χ3n) is 4.02. The lowest BCUT2D eigenvalue weighted by molar-refractivity contribution is 0.573. The summed E-state index contributed by atoms with van der Waals surface area (Å²) < 4.78 is 2.88. The molecule has 2 aromatic heterocycles. The van der Waals surface area contributed by atoms with Crippen LogP contribution in [0.3, 0.4) is 0 Å². The zero-order valence-corrected chi connectivity index (χ0v) is 16.6. The first-order valence-electron chi connectivity index (χ1n) is 8.24. The van der Waals surface area contributed by atoms with Crippen molar-refractivity contribution in [2.45, 2.75) is 20.4 Å². The zero-order valence-electron chi connectivity index (χ0n) is 14.5. The van der Waals surface area contributed by atoms with Gasteiger partial charge in [0.1, 0.15) is 3.70 Å². The van der Waals surface area contributed by atoms with Gasteiger partial charge in [-0.2, -0.15) is 9.90 Å². The number of halogens is 1. The first kappa shape index (κ1) is 16.9. The molecule has 4 aromatic rings. The fourth-order valence-corrected chi connectivity index (χ4v) is 3.68. The van der Waals surface area contributed by atoms with Crippen molar-refractivity contribution >= 4 is 22.6 Å². The average molecular weight is 456 g/mol. The van der Waals surface area contributed by atoms with E-state index in [-0.39, 0.29) is 0 Å². The van der Waals surface area contributed by atoms with Crippen molar-refractivity contribution in [2.24, 2.45) is 0 Å². The molecule has 0 fully saturated rings. The Morgan fingerprint density at radius 3 is 2.46 bits per heavy atom. The normalized spacial score (nSPS) is 11.0. The fourth-order valence-electron chi connectivity index (χ4n) is 2.90. The maximum absolute atomic E-state index is 4.53. The quantitative estimate of drug-likeness (QED) is 0.439. The van der Waals surface area contributed by atoms with Crippen LogP contribution in [0.1, 0.15) is 16.7 Å². The van der Waals surface area contributed by atoms with Crippen LogP contribution in [0, 0.1) is 17.5 Å². The number of aryl methyl sites for hydroxylation is 2. The Morgan fingerprint density at radius 2 is 1.73 bits per heavy atom. The van der Waals surface area contributed by atoms with Crippen LogP contribution in [0.25, 0.3) is 17.1 Å². The Hall–Kier alpha value is -2.55. The highest BCUT2D eigenvalue weighted by molar-refractivity contribution is 14.1. The van der Waals surface area contributed by atoms with Gasteiger partial charge in [0, 0.05) is 0 Å². The van der Waals surface area contributed by atoms with E-state index in [1.165, 1.54) is 11.1 Å². The van der Waals surface area contributed by atoms with Gasteiger partial charge in [-0.1, -0.05) is 36.4 Å². The Balaban J connectivity index is 1.64. The number of aromatic nitrogens is 6. The predicted molar refractivity (Wildman–Crippen MR) is 108 cm³/mol. The molecule has 7 heteroatoms. The lowest BCUT2D eigenvalue weighted by Gasteiger charge is -2.06. The number of rotatable bonds is 4. The molecule has 0 bridgehead atoms. The van der Waals surface area contributed by atoms with Crippen LogP contribution in [-0.4, -0.2) is 30.0 Å². The summed E-state index contributed by atoms with van der Waals surface area (Å²) in [5.74, 6) is 0.584. The monoisotopic (exact) mass is 456 g/mol. The van der Waals surface area contributed by atoms with Crippen LogP contribution in [0.15, 0.2) is 54.7 Å². The summed E-state index contributed by atoms with van der Waals surface area (Å²) >= 11 is 2.28. The molecule has 0 aliphatic heterocycles. The van der Waals surface area contributed by atoms with E-state index in [4.69, 9.17) is 0 Å². The smallest absolute Gasteiger partial charge is 0.209 e. The molecule has 2 aromatic carbocycles. The highest BCUT2D eigenvalue weighted by Gasteiger charge is 2.16. The molecule has 4 rings (SSSR count). The van der Waals surface area contributed by atoms with Gasteiger partial charge in [-0.3, -0.25) is 0 Å². The average Bonchev–Trinajstić information content (AvgIpc) is 3.21. The van der Waals surface area contributed by atoms with Crippen molar-refractivity contribution in [2.75, 3.05) is 0 Å². The summed E-state index contributed by atoms with van der Waals surface area (Å²) in [4.78, 5) is 1.61. The molecule has 0 amide bonds. The molecule has 0 aliphatic rings. The zero-order chi connectivity index (χ0) is 18.1. The first-order valence-corrected chi connectivity index (χ1v) is 9.32. The summed E-state index contributed by atoms with van der Waals surface area (Å²) in [6.45, 7) is 4.77. The number of tetrazole rings is 1. The number of hydrogen-bond acceptors (Lipinski definition) is 4. The van der Waals surface area contributed by atoms with E-state index in [0.717, 1.165) is 20.5 Å². The second kappa shape index (κ2) is 6.99. The molecule has 0 N–H and O–H groups in total. The van der Waals surface area contributed by atoms with Gasteiger partial charge in [-0.15, -0.1) is 10.2 Å². The van der Waals surface area contributed by atoms with Gasteiger partial charge in [0.05, 0.1) is 24.0 Å². The number of benzene rings is 2. The molecular weight excluding hydrogens is 439 g/mol. The topological polar surface area (TPSA) is 61.4 Å². The molecule has 26 heavy (non-hydrogen) atoms.